The predicted molar refractivity (Wildman–Crippen MR) is 51.8 cm³/mol. The van der Waals surface area contributed by atoms with E-state index in [2.05, 4.69) is 30.3 Å². The van der Waals surface area contributed by atoms with Crippen molar-refractivity contribution >= 4 is 8.58 Å². The van der Waals surface area contributed by atoms with E-state index in [0.29, 0.717) is 0 Å². The Morgan fingerprint density at radius 2 is 2.00 bits per heavy atom. The first-order valence-electron chi connectivity index (χ1n) is 4.22. The quantitative estimate of drug-likeness (QED) is 0.560. The molecule has 1 aliphatic rings. The second kappa shape index (κ2) is 3.36. The number of hydrogen-bond donors (Lipinski definition) is 0. The van der Waals surface area contributed by atoms with Gasteiger partial charge in [-0.2, -0.15) is 0 Å². The zero-order valence-corrected chi connectivity index (χ0v) is 7.59. The fourth-order valence-corrected chi connectivity index (χ4v) is 3.21. The minimum absolute atomic E-state index is 0.884. The number of hydrogen-bond acceptors (Lipinski definition) is 0. The maximum absolute atomic E-state index is 2.26. The van der Waals surface area contributed by atoms with Crippen LogP contribution in [0.1, 0.15) is 17.9 Å². The average molecular weight is 164 g/mol. The van der Waals surface area contributed by atoms with Gasteiger partial charge in [0.05, 0.1) is 0 Å². The van der Waals surface area contributed by atoms with E-state index in [4.69, 9.17) is 0 Å². The summed E-state index contributed by atoms with van der Waals surface area (Å²) in [6, 6.07) is 10.9. The van der Waals surface area contributed by atoms with E-state index >= 15 is 0 Å². The minimum atomic E-state index is 0.884. The van der Waals surface area contributed by atoms with Gasteiger partial charge in [0.15, 0.2) is 0 Å². The highest BCUT2D eigenvalue weighted by atomic mass is 31.1. The summed E-state index contributed by atoms with van der Waals surface area (Å²) >= 11 is 0. The Hall–Kier alpha value is -0.350. The molecule has 1 saturated heterocycles. The predicted octanol–water partition coefficient (Wildman–Crippen LogP) is 2.85. The van der Waals surface area contributed by atoms with Gasteiger partial charge in [-0.25, -0.2) is 0 Å². The van der Waals surface area contributed by atoms with Gasteiger partial charge < -0.3 is 0 Å². The molecule has 0 radical (unpaired) electrons. The van der Waals surface area contributed by atoms with Crippen molar-refractivity contribution in [3.8, 4) is 0 Å². The molecule has 0 nitrogen and oxygen atoms in total. The standard InChI is InChI=1S/C10H13P/c1-2-4-9(5-3-1)10-6-7-11-8-10/h1-5,10-11H,6-8H2. The van der Waals surface area contributed by atoms with E-state index < -0.39 is 0 Å². The van der Waals surface area contributed by atoms with Gasteiger partial charge in [-0.15, -0.1) is 8.58 Å². The van der Waals surface area contributed by atoms with Crippen LogP contribution in [-0.2, 0) is 0 Å². The van der Waals surface area contributed by atoms with Gasteiger partial charge in [0.1, 0.15) is 0 Å². The lowest BCUT2D eigenvalue weighted by molar-refractivity contribution is 0.782. The summed E-state index contributed by atoms with van der Waals surface area (Å²) in [4.78, 5) is 0. The summed E-state index contributed by atoms with van der Waals surface area (Å²) in [6.45, 7) is 0. The fraction of sp³-hybridized carbons (Fsp3) is 0.400. The van der Waals surface area contributed by atoms with E-state index in [1.807, 2.05) is 0 Å². The van der Waals surface area contributed by atoms with Gasteiger partial charge in [-0.05, 0) is 30.2 Å². The monoisotopic (exact) mass is 164 g/mol. The highest BCUT2D eigenvalue weighted by molar-refractivity contribution is 7.38. The number of rotatable bonds is 1. The normalized spacial score (nSPS) is 26.0. The fourth-order valence-electron chi connectivity index (χ4n) is 1.66. The number of benzene rings is 1. The Labute approximate surface area is 69.8 Å². The molecule has 0 amide bonds. The molecule has 1 heterocycles. The molecule has 0 bridgehead atoms. The van der Waals surface area contributed by atoms with Gasteiger partial charge in [0, 0.05) is 0 Å². The third-order valence-electron chi connectivity index (χ3n) is 2.33. The molecule has 2 rings (SSSR count). The van der Waals surface area contributed by atoms with Crippen molar-refractivity contribution < 1.29 is 0 Å². The molecule has 1 heteroatoms. The zero-order chi connectivity index (χ0) is 7.52. The zero-order valence-electron chi connectivity index (χ0n) is 6.59. The summed E-state index contributed by atoms with van der Waals surface area (Å²) in [6.07, 6.45) is 4.31. The van der Waals surface area contributed by atoms with Gasteiger partial charge in [0.2, 0.25) is 0 Å². The van der Waals surface area contributed by atoms with Crippen LogP contribution in [0.15, 0.2) is 30.3 Å². The van der Waals surface area contributed by atoms with Crippen LogP contribution >= 0.6 is 8.58 Å². The second-order valence-electron chi connectivity index (χ2n) is 3.10. The van der Waals surface area contributed by atoms with Crippen molar-refractivity contribution in [1.29, 1.82) is 0 Å². The Morgan fingerprint density at radius 3 is 2.64 bits per heavy atom. The molecule has 1 aromatic rings. The molecule has 1 aromatic carbocycles. The van der Waals surface area contributed by atoms with Gasteiger partial charge in [-0.1, -0.05) is 30.3 Å². The first-order chi connectivity index (χ1) is 5.47. The highest BCUT2D eigenvalue weighted by Crippen LogP contribution is 2.35. The van der Waals surface area contributed by atoms with E-state index in [0.717, 1.165) is 5.92 Å². The average Bonchev–Trinajstić information content (AvgIpc) is 2.58. The van der Waals surface area contributed by atoms with Crippen LogP contribution in [0.3, 0.4) is 0 Å². The maximum Gasteiger partial charge on any atom is -0.0122 e. The molecular formula is C10H13P. The van der Waals surface area contributed by atoms with Crippen molar-refractivity contribution in [1.82, 2.24) is 0 Å². The Bertz CT molecular complexity index is 212. The first-order valence-corrected chi connectivity index (χ1v) is 5.64. The summed E-state index contributed by atoms with van der Waals surface area (Å²) in [5.74, 6) is 0.884. The second-order valence-corrected chi connectivity index (χ2v) is 4.51. The van der Waals surface area contributed by atoms with Crippen molar-refractivity contribution in [3.63, 3.8) is 0 Å². The Balaban J connectivity index is 2.16. The van der Waals surface area contributed by atoms with E-state index in [9.17, 15) is 0 Å². The van der Waals surface area contributed by atoms with Crippen LogP contribution in [0.4, 0.5) is 0 Å². The Morgan fingerprint density at radius 1 is 1.18 bits per heavy atom. The largest absolute Gasteiger partial charge is 0.121 e. The van der Waals surface area contributed by atoms with Crippen molar-refractivity contribution in [2.75, 3.05) is 12.3 Å². The highest BCUT2D eigenvalue weighted by Gasteiger charge is 2.15. The van der Waals surface area contributed by atoms with Gasteiger partial charge in [0.25, 0.3) is 0 Å². The van der Waals surface area contributed by atoms with E-state index in [-0.39, 0.29) is 0 Å². The molecule has 2 unspecified atom stereocenters. The van der Waals surface area contributed by atoms with Crippen LogP contribution in [0.2, 0.25) is 0 Å². The minimum Gasteiger partial charge on any atom is -0.121 e. The van der Waals surface area contributed by atoms with Crippen LogP contribution in [-0.4, -0.2) is 12.3 Å². The van der Waals surface area contributed by atoms with Gasteiger partial charge >= 0.3 is 0 Å². The topological polar surface area (TPSA) is 0 Å². The van der Waals surface area contributed by atoms with E-state index in [1.54, 1.807) is 5.56 Å². The van der Waals surface area contributed by atoms with Crippen LogP contribution in [0.25, 0.3) is 0 Å². The smallest absolute Gasteiger partial charge is 0.0122 e. The van der Waals surface area contributed by atoms with Crippen molar-refractivity contribution in [2.45, 2.75) is 12.3 Å². The maximum atomic E-state index is 2.26. The van der Waals surface area contributed by atoms with Crippen molar-refractivity contribution in [2.24, 2.45) is 0 Å². The molecule has 2 atom stereocenters. The lowest BCUT2D eigenvalue weighted by Crippen LogP contribution is -1.94. The van der Waals surface area contributed by atoms with Crippen LogP contribution in [0, 0.1) is 0 Å². The Kier molecular flexibility index (Phi) is 2.23. The summed E-state index contributed by atoms with van der Waals surface area (Å²) in [5.41, 5.74) is 1.55. The molecule has 1 fully saturated rings. The lowest BCUT2D eigenvalue weighted by Gasteiger charge is -2.07. The van der Waals surface area contributed by atoms with Crippen molar-refractivity contribution in [3.05, 3.63) is 35.9 Å². The molecular weight excluding hydrogens is 151 g/mol. The molecule has 58 valence electrons. The SMILES string of the molecule is c1ccc(C2CCPC2)cc1. The molecule has 0 aliphatic carbocycles. The van der Waals surface area contributed by atoms with Crippen LogP contribution in [0.5, 0.6) is 0 Å². The summed E-state index contributed by atoms with van der Waals surface area (Å²) in [7, 11) is 1.21. The van der Waals surface area contributed by atoms with E-state index in [1.165, 1.54) is 27.3 Å². The molecule has 11 heavy (non-hydrogen) atoms. The summed E-state index contributed by atoms with van der Waals surface area (Å²) < 4.78 is 0. The molecule has 1 aliphatic heterocycles. The molecule has 0 spiro atoms. The van der Waals surface area contributed by atoms with Gasteiger partial charge in [-0.3, -0.25) is 0 Å². The molecule has 0 aromatic heterocycles. The molecule has 0 saturated carbocycles. The third-order valence-corrected chi connectivity index (χ3v) is 3.75. The molecule has 0 N–H and O–H groups in total. The summed E-state index contributed by atoms with van der Waals surface area (Å²) in [5, 5.41) is 0. The van der Waals surface area contributed by atoms with Crippen LogP contribution < -0.4 is 0 Å². The lowest BCUT2D eigenvalue weighted by atomic mass is 9.99. The first kappa shape index (κ1) is 7.31. The third kappa shape index (κ3) is 1.62.